The molecule has 0 rings (SSSR count). The van der Waals surface area contributed by atoms with E-state index in [1.54, 1.807) is 17.9 Å². The van der Waals surface area contributed by atoms with Crippen molar-refractivity contribution in [3.63, 3.8) is 0 Å². The van der Waals surface area contributed by atoms with E-state index >= 15 is 0 Å². The van der Waals surface area contributed by atoms with Crippen molar-refractivity contribution in [2.24, 2.45) is 11.8 Å². The molecule has 2 amide bonds. The van der Waals surface area contributed by atoms with E-state index in [0.717, 1.165) is 6.42 Å². The maximum Gasteiger partial charge on any atom is 0.410 e. The molecule has 0 aliphatic carbocycles. The Morgan fingerprint density at radius 1 is 1.32 bits per heavy atom. The minimum Gasteiger partial charge on any atom is -0.444 e. The second kappa shape index (κ2) is 10.8. The summed E-state index contributed by atoms with van der Waals surface area (Å²) in [6.07, 6.45) is 2.48. The third-order valence-electron chi connectivity index (χ3n) is 3.29. The fourth-order valence-electron chi connectivity index (χ4n) is 2.06. The van der Waals surface area contributed by atoms with Crippen molar-refractivity contribution < 1.29 is 14.3 Å². The molecule has 7 heteroatoms. The van der Waals surface area contributed by atoms with Crippen LogP contribution in [0.1, 0.15) is 54.4 Å². The number of ether oxygens (including phenoxy) is 1. The highest BCUT2D eigenvalue weighted by Gasteiger charge is 2.24. The van der Waals surface area contributed by atoms with Crippen LogP contribution in [0.2, 0.25) is 0 Å². The Hall–Kier alpha value is -2.02. The Bertz CT molecular complexity index is 495. The Morgan fingerprint density at radius 2 is 1.92 bits per heavy atom. The first kappa shape index (κ1) is 23.0. The van der Waals surface area contributed by atoms with Crippen molar-refractivity contribution in [1.29, 1.82) is 0 Å². The first-order chi connectivity index (χ1) is 11.5. The predicted octanol–water partition coefficient (Wildman–Crippen LogP) is 2.66. The van der Waals surface area contributed by atoms with Crippen molar-refractivity contribution in [3.05, 3.63) is 24.0 Å². The molecule has 0 spiro atoms. The Kier molecular flexibility index (Phi) is 9.89. The van der Waals surface area contributed by atoms with Crippen LogP contribution < -0.4 is 16.6 Å². The van der Waals surface area contributed by atoms with Gasteiger partial charge in [-0.05, 0) is 33.3 Å². The van der Waals surface area contributed by atoms with Crippen molar-refractivity contribution in [1.82, 2.24) is 15.6 Å². The van der Waals surface area contributed by atoms with E-state index in [-0.39, 0.29) is 17.9 Å². The molecule has 0 saturated carbocycles. The normalized spacial score (nSPS) is 13.0. The fraction of sp³-hybridized carbons (Fsp3) is 0.667. The van der Waals surface area contributed by atoms with E-state index in [9.17, 15) is 9.59 Å². The van der Waals surface area contributed by atoms with Crippen LogP contribution in [-0.2, 0) is 9.53 Å². The Labute approximate surface area is 151 Å². The Morgan fingerprint density at radius 3 is 2.36 bits per heavy atom. The standard InChI is InChI=1S/C18H34N4O3/c1-8-10-22(17(24)25-18(5,6)7)12-13(3)15(11-14(4)21-19)20-16(23)9-2/h11,13,21H,4,8-10,12,19H2,1-3,5-7H3,(H,20,23)/b15-11+. The van der Waals surface area contributed by atoms with Gasteiger partial charge in [-0.15, -0.1) is 0 Å². The highest BCUT2D eigenvalue weighted by Crippen LogP contribution is 2.16. The smallest absolute Gasteiger partial charge is 0.410 e. The molecule has 7 nitrogen and oxygen atoms in total. The summed E-state index contributed by atoms with van der Waals surface area (Å²) >= 11 is 0. The quantitative estimate of drug-likeness (QED) is 0.336. The lowest BCUT2D eigenvalue weighted by molar-refractivity contribution is -0.120. The summed E-state index contributed by atoms with van der Waals surface area (Å²) in [5.41, 5.74) is 3.01. The first-order valence-electron chi connectivity index (χ1n) is 8.68. The number of nitrogens with zero attached hydrogens (tertiary/aromatic N) is 1. The maximum atomic E-state index is 12.4. The lowest BCUT2D eigenvalue weighted by Crippen LogP contribution is -2.41. The topological polar surface area (TPSA) is 96.7 Å². The molecular weight excluding hydrogens is 320 g/mol. The fourth-order valence-corrected chi connectivity index (χ4v) is 2.06. The lowest BCUT2D eigenvalue weighted by atomic mass is 10.1. The largest absolute Gasteiger partial charge is 0.444 e. The van der Waals surface area contributed by atoms with Gasteiger partial charge in [0.15, 0.2) is 0 Å². The van der Waals surface area contributed by atoms with E-state index in [0.29, 0.717) is 30.9 Å². The van der Waals surface area contributed by atoms with Crippen LogP contribution in [0.15, 0.2) is 24.0 Å². The second-order valence-electron chi connectivity index (χ2n) is 7.00. The van der Waals surface area contributed by atoms with Gasteiger partial charge >= 0.3 is 6.09 Å². The molecular formula is C18H34N4O3. The van der Waals surface area contributed by atoms with Crippen LogP contribution in [0.25, 0.3) is 0 Å². The average molecular weight is 354 g/mol. The van der Waals surface area contributed by atoms with Gasteiger partial charge in [0.2, 0.25) is 5.91 Å². The third kappa shape index (κ3) is 9.76. The van der Waals surface area contributed by atoms with Crippen molar-refractivity contribution in [2.75, 3.05) is 13.1 Å². The van der Waals surface area contributed by atoms with Crippen LogP contribution in [0.4, 0.5) is 4.79 Å². The van der Waals surface area contributed by atoms with Crippen LogP contribution in [0.3, 0.4) is 0 Å². The van der Waals surface area contributed by atoms with Crippen LogP contribution in [0, 0.1) is 5.92 Å². The minimum absolute atomic E-state index is 0.109. The predicted molar refractivity (Wildman–Crippen MR) is 100 cm³/mol. The van der Waals surface area contributed by atoms with Gasteiger partial charge in [-0.3, -0.25) is 10.6 Å². The molecule has 1 unspecified atom stereocenters. The van der Waals surface area contributed by atoms with Gasteiger partial charge in [-0.25, -0.2) is 4.79 Å². The van der Waals surface area contributed by atoms with E-state index in [4.69, 9.17) is 10.6 Å². The molecule has 0 saturated heterocycles. The van der Waals surface area contributed by atoms with Gasteiger partial charge in [0.1, 0.15) is 5.60 Å². The van der Waals surface area contributed by atoms with Crippen LogP contribution in [-0.4, -0.2) is 35.6 Å². The summed E-state index contributed by atoms with van der Waals surface area (Å²) in [7, 11) is 0. The minimum atomic E-state index is -0.556. The number of carbonyl (C=O) groups is 2. The summed E-state index contributed by atoms with van der Waals surface area (Å²) < 4.78 is 5.47. The maximum absolute atomic E-state index is 12.4. The zero-order chi connectivity index (χ0) is 19.6. The molecule has 0 aliphatic rings. The first-order valence-corrected chi connectivity index (χ1v) is 8.68. The number of amides is 2. The number of nitrogens with two attached hydrogens (primary N) is 1. The molecule has 4 N–H and O–H groups in total. The molecule has 0 radical (unpaired) electrons. The van der Waals surface area contributed by atoms with E-state index in [2.05, 4.69) is 17.3 Å². The SMILES string of the molecule is C=C(/C=C(/NC(=O)CC)C(C)CN(CCC)C(=O)OC(C)(C)C)NN. The van der Waals surface area contributed by atoms with Crippen molar-refractivity contribution in [2.45, 2.75) is 60.0 Å². The van der Waals surface area contributed by atoms with Crippen LogP contribution in [0.5, 0.6) is 0 Å². The Balaban J connectivity index is 5.26. The summed E-state index contributed by atoms with van der Waals surface area (Å²) in [5, 5.41) is 2.85. The molecule has 144 valence electrons. The monoisotopic (exact) mass is 354 g/mol. The molecule has 0 heterocycles. The molecule has 1 atom stereocenters. The summed E-state index contributed by atoms with van der Waals surface area (Å²) in [6.45, 7) is 16.0. The van der Waals surface area contributed by atoms with Crippen molar-refractivity contribution in [3.8, 4) is 0 Å². The van der Waals surface area contributed by atoms with Gasteiger partial charge in [0.25, 0.3) is 0 Å². The zero-order valence-electron chi connectivity index (χ0n) is 16.4. The molecule has 0 fully saturated rings. The molecule has 25 heavy (non-hydrogen) atoms. The van der Waals surface area contributed by atoms with Gasteiger partial charge in [0, 0.05) is 36.8 Å². The number of nitrogens with one attached hydrogen (secondary N) is 2. The number of rotatable bonds is 9. The summed E-state index contributed by atoms with van der Waals surface area (Å²) in [5.74, 6) is 5.12. The van der Waals surface area contributed by atoms with Gasteiger partial charge < -0.3 is 20.4 Å². The van der Waals surface area contributed by atoms with Crippen molar-refractivity contribution >= 4 is 12.0 Å². The number of hydrazine groups is 1. The summed E-state index contributed by atoms with van der Waals surface area (Å²) in [6, 6.07) is 0. The average Bonchev–Trinajstić information content (AvgIpc) is 2.51. The second-order valence-corrected chi connectivity index (χ2v) is 7.00. The van der Waals surface area contributed by atoms with Gasteiger partial charge in [-0.1, -0.05) is 27.4 Å². The van der Waals surface area contributed by atoms with Crippen LogP contribution >= 0.6 is 0 Å². The molecule has 0 aliphatic heterocycles. The summed E-state index contributed by atoms with van der Waals surface area (Å²) in [4.78, 5) is 25.9. The number of hydrogen-bond donors (Lipinski definition) is 3. The zero-order valence-corrected chi connectivity index (χ0v) is 16.4. The number of hydrogen-bond acceptors (Lipinski definition) is 5. The molecule has 0 aromatic carbocycles. The molecule has 0 bridgehead atoms. The number of allylic oxidation sites excluding steroid dienone is 1. The van der Waals surface area contributed by atoms with Gasteiger partial charge in [0.05, 0.1) is 0 Å². The van der Waals surface area contributed by atoms with E-state index in [1.165, 1.54) is 0 Å². The van der Waals surface area contributed by atoms with Gasteiger partial charge in [-0.2, -0.15) is 0 Å². The third-order valence-corrected chi connectivity index (χ3v) is 3.29. The van der Waals surface area contributed by atoms with E-state index in [1.807, 2.05) is 34.6 Å². The lowest BCUT2D eigenvalue weighted by Gasteiger charge is -2.30. The van der Waals surface area contributed by atoms with E-state index < -0.39 is 5.60 Å². The highest BCUT2D eigenvalue weighted by molar-refractivity contribution is 5.77. The number of carbonyl (C=O) groups excluding carboxylic acids is 2. The molecule has 0 aromatic rings. The highest BCUT2D eigenvalue weighted by atomic mass is 16.6. The molecule has 0 aromatic heterocycles.